The number of allylic oxidation sites excluding steroid dienone is 2. The minimum absolute atomic E-state index is 0.0689. The Morgan fingerprint density at radius 2 is 1.09 bits per heavy atom. The van der Waals surface area contributed by atoms with Gasteiger partial charge in [-0.3, -0.25) is 19.2 Å². The van der Waals surface area contributed by atoms with Crippen LogP contribution >= 0.6 is 0 Å². The molecule has 0 saturated carbocycles. The van der Waals surface area contributed by atoms with Crippen LogP contribution in [0, 0.1) is 28.1 Å². The van der Waals surface area contributed by atoms with Gasteiger partial charge < -0.3 is 18.9 Å². The van der Waals surface area contributed by atoms with Gasteiger partial charge >= 0.3 is 23.9 Å². The summed E-state index contributed by atoms with van der Waals surface area (Å²) in [6.45, 7) is 9.51. The number of hydrogen-bond acceptors (Lipinski definition) is 8. The van der Waals surface area contributed by atoms with Gasteiger partial charge in [-0.1, -0.05) is 26.8 Å². The number of carbonyl (C=O) groups excluding carboxylic acids is 4. The Kier molecular flexibility index (Phi) is 12.0. The highest BCUT2D eigenvalue weighted by Gasteiger charge is 2.48. The maximum Gasteiger partial charge on any atom is 0.324 e. The molecule has 0 bridgehead atoms. The van der Waals surface area contributed by atoms with Gasteiger partial charge in [-0.05, 0) is 24.0 Å². The molecule has 8 nitrogen and oxygen atoms in total. The molecule has 0 aromatic rings. The van der Waals surface area contributed by atoms with Crippen LogP contribution in [0.4, 0.5) is 0 Å². The average molecular weight is 463 g/mol. The second kappa shape index (κ2) is 13.3. The van der Waals surface area contributed by atoms with E-state index in [4.69, 9.17) is 18.9 Å². The van der Waals surface area contributed by atoms with Crippen LogP contribution in [-0.2, 0) is 38.1 Å². The first-order chi connectivity index (χ1) is 15.4. The number of rotatable bonds is 10. The summed E-state index contributed by atoms with van der Waals surface area (Å²) < 4.78 is 19.3. The van der Waals surface area contributed by atoms with E-state index in [2.05, 4.69) is 24.2 Å². The molecule has 0 N–H and O–H groups in total. The third-order valence-electron chi connectivity index (χ3n) is 4.79. The highest BCUT2D eigenvalue weighted by Crippen LogP contribution is 2.33. The van der Waals surface area contributed by atoms with Crippen LogP contribution in [0.2, 0.25) is 0 Å². The zero-order chi connectivity index (χ0) is 25.7. The molecule has 33 heavy (non-hydrogen) atoms. The first-order valence-corrected chi connectivity index (χ1v) is 10.2. The van der Waals surface area contributed by atoms with Gasteiger partial charge in [0.25, 0.3) is 0 Å². The van der Waals surface area contributed by atoms with Crippen molar-refractivity contribution in [1.29, 1.82) is 0 Å². The molecule has 0 heterocycles. The second-order valence-electron chi connectivity index (χ2n) is 8.42. The molecule has 0 aliphatic heterocycles. The molecule has 0 saturated heterocycles. The highest BCUT2D eigenvalue weighted by atomic mass is 16.6. The average Bonchev–Trinajstić information content (AvgIpc) is 2.79. The van der Waals surface area contributed by atoms with Crippen molar-refractivity contribution in [3.05, 3.63) is 30.5 Å². The molecule has 0 radical (unpaired) electrons. The van der Waals surface area contributed by atoms with Crippen LogP contribution in [0.25, 0.3) is 0 Å². The second-order valence-corrected chi connectivity index (χ2v) is 8.42. The molecule has 0 aromatic heterocycles. The van der Waals surface area contributed by atoms with Crippen molar-refractivity contribution >= 4 is 23.9 Å². The Labute approximate surface area is 196 Å². The monoisotopic (exact) mass is 462 g/mol. The topological polar surface area (TPSA) is 105 Å². The standard InChI is InChI=1S/C25H34O8/c1-9-14-24(19(26)30-5,20(27)31-6)16-12-13-18-25(21(28)32-7,22(29)33-8)17-11-10-15-23(2,3)4/h9,11,15H,1,14,16-18H2,2-8H3. The van der Waals surface area contributed by atoms with Gasteiger partial charge in [0, 0.05) is 19.3 Å². The van der Waals surface area contributed by atoms with E-state index in [-0.39, 0.29) is 31.1 Å². The van der Waals surface area contributed by atoms with E-state index in [1.165, 1.54) is 6.08 Å². The molecular formula is C25H34O8. The maximum atomic E-state index is 12.6. The Morgan fingerprint density at radius 3 is 1.39 bits per heavy atom. The maximum absolute atomic E-state index is 12.6. The quantitative estimate of drug-likeness (QED) is 0.122. The summed E-state index contributed by atoms with van der Waals surface area (Å²) in [5.41, 5.74) is -0.638. The molecule has 0 unspecified atom stereocenters. The molecule has 182 valence electrons. The predicted octanol–water partition coefficient (Wildman–Crippen LogP) is 3.16. The highest BCUT2D eigenvalue weighted by molar-refractivity contribution is 6.01. The molecule has 0 aliphatic carbocycles. The number of hydrogen-bond donors (Lipinski definition) is 0. The van der Waals surface area contributed by atoms with Crippen molar-refractivity contribution in [3.8, 4) is 11.8 Å². The van der Waals surface area contributed by atoms with Gasteiger partial charge in [0.05, 0.1) is 28.4 Å². The van der Waals surface area contributed by atoms with Crippen LogP contribution in [0.15, 0.2) is 30.5 Å². The van der Waals surface area contributed by atoms with Crippen LogP contribution in [-0.4, -0.2) is 52.3 Å². The van der Waals surface area contributed by atoms with Crippen molar-refractivity contribution in [3.63, 3.8) is 0 Å². The molecule has 0 amide bonds. The predicted molar refractivity (Wildman–Crippen MR) is 121 cm³/mol. The van der Waals surface area contributed by atoms with E-state index in [1.54, 1.807) is 12.2 Å². The van der Waals surface area contributed by atoms with Crippen LogP contribution in [0.3, 0.4) is 0 Å². The molecule has 0 spiro atoms. The molecular weight excluding hydrogens is 428 g/mol. The van der Waals surface area contributed by atoms with Crippen molar-refractivity contribution < 1.29 is 38.1 Å². The van der Waals surface area contributed by atoms with Crippen LogP contribution in [0.5, 0.6) is 0 Å². The van der Waals surface area contributed by atoms with Gasteiger partial charge in [0.15, 0.2) is 10.8 Å². The number of methoxy groups -OCH3 is 4. The molecule has 0 atom stereocenters. The van der Waals surface area contributed by atoms with E-state index in [9.17, 15) is 19.2 Å². The number of carbonyl (C=O) groups is 4. The van der Waals surface area contributed by atoms with Gasteiger partial charge in [-0.2, -0.15) is 0 Å². The fourth-order valence-corrected chi connectivity index (χ4v) is 2.93. The summed E-state index contributed by atoms with van der Waals surface area (Å²) in [5, 5.41) is 0. The lowest BCUT2D eigenvalue weighted by Crippen LogP contribution is -2.41. The first-order valence-electron chi connectivity index (χ1n) is 10.2. The molecule has 8 heteroatoms. The van der Waals surface area contributed by atoms with Gasteiger partial charge in [0.1, 0.15) is 0 Å². The number of ether oxygens (including phenoxy) is 4. The van der Waals surface area contributed by atoms with Crippen LogP contribution < -0.4 is 0 Å². The Balaban J connectivity index is 6.21. The summed E-state index contributed by atoms with van der Waals surface area (Å²) >= 11 is 0. The van der Waals surface area contributed by atoms with Gasteiger partial charge in [0.2, 0.25) is 0 Å². The summed E-state index contributed by atoms with van der Waals surface area (Å²) in [6, 6.07) is 0. The van der Waals surface area contributed by atoms with Crippen molar-refractivity contribution in [1.82, 2.24) is 0 Å². The third-order valence-corrected chi connectivity index (χ3v) is 4.79. The zero-order valence-electron chi connectivity index (χ0n) is 20.5. The van der Waals surface area contributed by atoms with Crippen molar-refractivity contribution in [2.45, 2.75) is 46.5 Å². The first kappa shape index (κ1) is 29.7. The van der Waals surface area contributed by atoms with Crippen LogP contribution in [0.1, 0.15) is 46.5 Å². The molecule has 0 aromatic carbocycles. The lowest BCUT2D eigenvalue weighted by Gasteiger charge is -2.25. The lowest BCUT2D eigenvalue weighted by molar-refractivity contribution is -0.170. The normalized spacial score (nSPS) is 11.0. The fourth-order valence-electron chi connectivity index (χ4n) is 2.93. The van der Waals surface area contributed by atoms with E-state index in [1.807, 2.05) is 20.8 Å². The molecule has 0 fully saturated rings. The van der Waals surface area contributed by atoms with Crippen molar-refractivity contribution in [2.75, 3.05) is 28.4 Å². The third kappa shape index (κ3) is 7.96. The minimum Gasteiger partial charge on any atom is -0.468 e. The Bertz CT molecular complexity index is 825. The lowest BCUT2D eigenvalue weighted by atomic mass is 9.79. The smallest absolute Gasteiger partial charge is 0.324 e. The van der Waals surface area contributed by atoms with Gasteiger partial charge in [-0.15, -0.1) is 24.2 Å². The molecule has 0 aliphatic rings. The summed E-state index contributed by atoms with van der Waals surface area (Å²) in [4.78, 5) is 50.0. The van der Waals surface area contributed by atoms with E-state index >= 15 is 0 Å². The van der Waals surface area contributed by atoms with E-state index < -0.39 is 34.7 Å². The van der Waals surface area contributed by atoms with E-state index in [0.717, 1.165) is 28.4 Å². The molecule has 0 rings (SSSR count). The fraction of sp³-hybridized carbons (Fsp3) is 0.560. The van der Waals surface area contributed by atoms with Crippen molar-refractivity contribution in [2.24, 2.45) is 16.2 Å². The van der Waals surface area contributed by atoms with Gasteiger partial charge in [-0.25, -0.2) is 0 Å². The minimum atomic E-state index is -1.74. The summed E-state index contributed by atoms with van der Waals surface area (Å²) in [5.74, 6) is 2.14. The SMILES string of the molecule is C=CCC(CC#CCC(CC=C=CC(C)(C)C)(C(=O)OC)C(=O)OC)(C(=O)OC)C(=O)OC. The zero-order valence-corrected chi connectivity index (χ0v) is 20.5. The summed E-state index contributed by atoms with van der Waals surface area (Å²) in [7, 11) is 4.61. The Hall–Kier alpha value is -3.30. The summed E-state index contributed by atoms with van der Waals surface area (Å²) in [6.07, 6.45) is 4.05. The number of esters is 4. The largest absolute Gasteiger partial charge is 0.468 e. The Morgan fingerprint density at radius 1 is 0.727 bits per heavy atom. The van der Waals surface area contributed by atoms with E-state index in [0.29, 0.717) is 0 Å².